The Morgan fingerprint density at radius 2 is 1.73 bits per heavy atom. The number of nitrogens with zero attached hydrogens (tertiary/aromatic N) is 3. The van der Waals surface area contributed by atoms with Gasteiger partial charge in [0.1, 0.15) is 17.7 Å². The zero-order valence-corrected chi connectivity index (χ0v) is 18.0. The molecule has 0 bridgehead atoms. The van der Waals surface area contributed by atoms with Gasteiger partial charge in [0, 0.05) is 11.5 Å². The second kappa shape index (κ2) is 8.31. The molecule has 3 rings (SSSR count). The van der Waals surface area contributed by atoms with Crippen LogP contribution in [-0.4, -0.2) is 35.9 Å². The maximum Gasteiger partial charge on any atom is 0.420 e. The van der Waals surface area contributed by atoms with E-state index in [4.69, 9.17) is 25.8 Å². The highest BCUT2D eigenvalue weighted by Crippen LogP contribution is 2.38. The lowest BCUT2D eigenvalue weighted by Crippen LogP contribution is -2.34. The molecular weight excluding hydrogens is 413 g/mol. The molecule has 0 aliphatic carbocycles. The van der Waals surface area contributed by atoms with Crippen molar-refractivity contribution in [1.82, 2.24) is 9.97 Å². The normalized spacial score (nSPS) is 11.3. The minimum Gasteiger partial charge on any atom is -0.493 e. The largest absolute Gasteiger partial charge is 0.493 e. The lowest BCUT2D eigenvalue weighted by atomic mass is 10.1. The summed E-state index contributed by atoms with van der Waals surface area (Å²) in [6, 6.07) is 7.24. The van der Waals surface area contributed by atoms with Crippen LogP contribution in [0.15, 0.2) is 36.7 Å². The molecule has 0 aliphatic rings. The molecule has 158 valence electrons. The first kappa shape index (κ1) is 21.6. The van der Waals surface area contributed by atoms with Gasteiger partial charge in [-0.2, -0.15) is 0 Å². The topological polar surface area (TPSA) is 73.8 Å². The first-order chi connectivity index (χ1) is 14.1. The van der Waals surface area contributed by atoms with Crippen molar-refractivity contribution in [1.29, 1.82) is 0 Å². The second-order valence-electron chi connectivity index (χ2n) is 7.34. The lowest BCUT2D eigenvalue weighted by Gasteiger charge is -2.27. The SMILES string of the molecule is COc1cc2ncnc(N(C(=O)OC(C)(C)C)c3ccc(F)c(Cl)c3)c2cc1OC. The molecule has 1 heterocycles. The summed E-state index contributed by atoms with van der Waals surface area (Å²) in [7, 11) is 3.01. The van der Waals surface area contributed by atoms with Gasteiger partial charge in [-0.1, -0.05) is 11.6 Å². The van der Waals surface area contributed by atoms with Gasteiger partial charge in [0.15, 0.2) is 17.3 Å². The van der Waals surface area contributed by atoms with Gasteiger partial charge in [0.25, 0.3) is 0 Å². The average Bonchev–Trinajstić information content (AvgIpc) is 2.68. The first-order valence-electron chi connectivity index (χ1n) is 8.99. The Hall–Kier alpha value is -3.13. The standard InChI is InChI=1S/C21H21ClFN3O4/c1-21(2,3)30-20(27)26(12-6-7-15(23)14(22)8-12)19-13-9-17(28-4)18(29-5)10-16(13)24-11-25-19/h6-11H,1-5H3. The van der Waals surface area contributed by atoms with Gasteiger partial charge >= 0.3 is 6.09 Å². The van der Waals surface area contributed by atoms with Crippen LogP contribution in [0.1, 0.15) is 20.8 Å². The van der Waals surface area contributed by atoms with Crippen LogP contribution in [0.3, 0.4) is 0 Å². The average molecular weight is 434 g/mol. The number of benzene rings is 2. The van der Waals surface area contributed by atoms with Crippen LogP contribution in [-0.2, 0) is 4.74 Å². The van der Waals surface area contributed by atoms with Crippen LogP contribution in [0.4, 0.5) is 20.7 Å². The number of carbonyl (C=O) groups excluding carboxylic acids is 1. The van der Waals surface area contributed by atoms with Crippen LogP contribution in [0.2, 0.25) is 5.02 Å². The highest BCUT2D eigenvalue weighted by molar-refractivity contribution is 6.31. The van der Waals surface area contributed by atoms with E-state index >= 15 is 0 Å². The molecule has 3 aromatic rings. The van der Waals surface area contributed by atoms with Crippen molar-refractivity contribution >= 4 is 40.1 Å². The lowest BCUT2D eigenvalue weighted by molar-refractivity contribution is 0.0598. The van der Waals surface area contributed by atoms with Gasteiger partial charge in [-0.15, -0.1) is 0 Å². The number of aromatic nitrogens is 2. The monoisotopic (exact) mass is 433 g/mol. The summed E-state index contributed by atoms with van der Waals surface area (Å²) in [6.07, 6.45) is 0.603. The molecule has 0 saturated carbocycles. The van der Waals surface area contributed by atoms with E-state index in [0.29, 0.717) is 22.4 Å². The summed E-state index contributed by atoms with van der Waals surface area (Å²) in [5.74, 6) is 0.520. The molecule has 9 heteroatoms. The van der Waals surface area contributed by atoms with Crippen LogP contribution in [0, 0.1) is 5.82 Å². The third-order valence-electron chi connectivity index (χ3n) is 4.07. The summed E-state index contributed by atoms with van der Waals surface area (Å²) in [4.78, 5) is 22.9. The van der Waals surface area contributed by atoms with Gasteiger partial charge in [0.05, 0.1) is 30.4 Å². The van der Waals surface area contributed by atoms with E-state index < -0.39 is 17.5 Å². The fourth-order valence-corrected chi connectivity index (χ4v) is 2.97. The van der Waals surface area contributed by atoms with Gasteiger partial charge in [-0.25, -0.2) is 24.1 Å². The minimum absolute atomic E-state index is 0.140. The maximum atomic E-state index is 13.7. The highest BCUT2D eigenvalue weighted by atomic mass is 35.5. The molecule has 30 heavy (non-hydrogen) atoms. The van der Waals surface area contributed by atoms with Crippen molar-refractivity contribution in [3.8, 4) is 11.5 Å². The predicted molar refractivity (Wildman–Crippen MR) is 112 cm³/mol. The van der Waals surface area contributed by atoms with E-state index in [-0.39, 0.29) is 16.5 Å². The van der Waals surface area contributed by atoms with Crippen LogP contribution < -0.4 is 14.4 Å². The van der Waals surface area contributed by atoms with Crippen molar-refractivity contribution in [2.45, 2.75) is 26.4 Å². The molecule has 1 aromatic heterocycles. The molecule has 0 saturated heterocycles. The number of ether oxygens (including phenoxy) is 3. The Morgan fingerprint density at radius 1 is 1.07 bits per heavy atom. The fraction of sp³-hybridized carbons (Fsp3) is 0.286. The Kier molecular flexibility index (Phi) is 5.98. The summed E-state index contributed by atoms with van der Waals surface area (Å²) >= 11 is 5.97. The van der Waals surface area contributed by atoms with Gasteiger partial charge < -0.3 is 14.2 Å². The molecule has 2 aromatic carbocycles. The van der Waals surface area contributed by atoms with E-state index in [0.717, 1.165) is 0 Å². The second-order valence-corrected chi connectivity index (χ2v) is 7.74. The number of rotatable bonds is 4. The third kappa shape index (κ3) is 4.38. The van der Waals surface area contributed by atoms with Crippen LogP contribution in [0.25, 0.3) is 10.9 Å². The molecule has 0 fully saturated rings. The van der Waals surface area contributed by atoms with E-state index in [2.05, 4.69) is 9.97 Å². The fourth-order valence-electron chi connectivity index (χ4n) is 2.79. The van der Waals surface area contributed by atoms with Crippen molar-refractivity contribution in [2.75, 3.05) is 19.1 Å². The maximum absolute atomic E-state index is 13.7. The minimum atomic E-state index is -0.775. The number of carbonyl (C=O) groups is 1. The molecule has 0 spiro atoms. The van der Waals surface area contributed by atoms with Crippen molar-refractivity contribution in [3.05, 3.63) is 47.5 Å². The van der Waals surface area contributed by atoms with Crippen molar-refractivity contribution in [3.63, 3.8) is 0 Å². The Labute approximate surface area is 178 Å². The molecule has 0 aliphatic heterocycles. The summed E-state index contributed by atoms with van der Waals surface area (Å²) in [5.41, 5.74) is 0.0213. The van der Waals surface area contributed by atoms with Crippen LogP contribution >= 0.6 is 11.6 Å². The first-order valence-corrected chi connectivity index (χ1v) is 9.37. The molecule has 0 unspecified atom stereocenters. The third-order valence-corrected chi connectivity index (χ3v) is 4.36. The van der Waals surface area contributed by atoms with Crippen molar-refractivity contribution in [2.24, 2.45) is 0 Å². The number of methoxy groups -OCH3 is 2. The molecule has 0 radical (unpaired) electrons. The molecular formula is C21H21ClFN3O4. The van der Waals surface area contributed by atoms with Crippen LogP contribution in [0.5, 0.6) is 11.5 Å². The smallest absolute Gasteiger partial charge is 0.420 e. The van der Waals surface area contributed by atoms with Gasteiger partial charge in [-0.05, 0) is 45.0 Å². The number of hydrogen-bond donors (Lipinski definition) is 0. The zero-order valence-electron chi connectivity index (χ0n) is 17.2. The summed E-state index contributed by atoms with van der Waals surface area (Å²) in [6.45, 7) is 5.23. The Morgan fingerprint density at radius 3 is 2.33 bits per heavy atom. The molecule has 1 amide bonds. The number of anilines is 2. The number of hydrogen-bond acceptors (Lipinski definition) is 6. The summed E-state index contributed by atoms with van der Waals surface area (Å²) in [5, 5.41) is 0.361. The van der Waals surface area contributed by atoms with E-state index in [1.165, 1.54) is 43.6 Å². The van der Waals surface area contributed by atoms with Gasteiger partial charge in [0.2, 0.25) is 0 Å². The molecule has 0 N–H and O–H groups in total. The van der Waals surface area contributed by atoms with E-state index in [1.54, 1.807) is 32.9 Å². The van der Waals surface area contributed by atoms with E-state index in [9.17, 15) is 9.18 Å². The van der Waals surface area contributed by atoms with E-state index in [1.807, 2.05) is 0 Å². The quantitative estimate of drug-likeness (QED) is 0.540. The summed E-state index contributed by atoms with van der Waals surface area (Å²) < 4.78 is 30.0. The van der Waals surface area contributed by atoms with Gasteiger partial charge in [-0.3, -0.25) is 0 Å². The number of amides is 1. The predicted octanol–water partition coefficient (Wildman–Crippen LogP) is 5.51. The van der Waals surface area contributed by atoms with Crippen molar-refractivity contribution < 1.29 is 23.4 Å². The number of fused-ring (bicyclic) bond motifs is 1. The highest BCUT2D eigenvalue weighted by Gasteiger charge is 2.28. The Bertz CT molecular complexity index is 1100. The molecule has 0 atom stereocenters. The zero-order chi connectivity index (χ0) is 22.1. The molecule has 7 nitrogen and oxygen atoms in total. The Balaban J connectivity index is 2.26. The number of halogens is 2.